The van der Waals surface area contributed by atoms with Crippen LogP contribution in [0.5, 0.6) is 0 Å². The molecule has 2 aromatic rings. The van der Waals surface area contributed by atoms with Crippen molar-refractivity contribution in [2.24, 2.45) is 0 Å². The molecular weight excluding hydrogens is 340 g/mol. The number of nitrogens with one attached hydrogen (secondary N) is 1. The summed E-state index contributed by atoms with van der Waals surface area (Å²) in [5, 5.41) is 13.1. The van der Waals surface area contributed by atoms with Crippen LogP contribution in [0.25, 0.3) is 0 Å². The van der Waals surface area contributed by atoms with E-state index in [1.165, 1.54) is 17.8 Å². The van der Waals surface area contributed by atoms with E-state index < -0.39 is 5.41 Å². The van der Waals surface area contributed by atoms with Gasteiger partial charge in [-0.1, -0.05) is 53.9 Å². The Morgan fingerprint density at radius 3 is 2.50 bits per heavy atom. The number of carbonyl (C=O) groups excluding carboxylic acids is 1. The van der Waals surface area contributed by atoms with Gasteiger partial charge in [0.25, 0.3) is 0 Å². The van der Waals surface area contributed by atoms with E-state index in [9.17, 15) is 4.79 Å². The van der Waals surface area contributed by atoms with Gasteiger partial charge in [0.2, 0.25) is 5.91 Å². The van der Waals surface area contributed by atoms with Gasteiger partial charge in [-0.3, -0.25) is 4.79 Å². The highest BCUT2D eigenvalue weighted by molar-refractivity contribution is 8.02. The molecule has 1 amide bonds. The zero-order valence-corrected chi connectivity index (χ0v) is 15.6. The molecule has 2 aromatic carbocycles. The minimum Gasteiger partial charge on any atom is -0.344 e. The molecule has 3 nitrogen and oxygen atoms in total. The van der Waals surface area contributed by atoms with Crippen molar-refractivity contribution in [3.63, 3.8) is 0 Å². The molecule has 1 N–H and O–H groups in total. The number of nitrogens with zero attached hydrogens (tertiary/aromatic N) is 1. The summed E-state index contributed by atoms with van der Waals surface area (Å²) in [6.45, 7) is 4.10. The Labute approximate surface area is 159 Å². The topological polar surface area (TPSA) is 52.9 Å². The molecule has 0 unspecified atom stereocenters. The van der Waals surface area contributed by atoms with E-state index >= 15 is 0 Å². The Bertz CT molecular complexity index is 866. The van der Waals surface area contributed by atoms with Gasteiger partial charge in [-0.15, -0.1) is 0 Å². The third-order valence-corrected chi connectivity index (χ3v) is 4.65. The van der Waals surface area contributed by atoms with Gasteiger partial charge in [0.15, 0.2) is 0 Å². The van der Waals surface area contributed by atoms with E-state index in [0.29, 0.717) is 6.54 Å². The van der Waals surface area contributed by atoms with Gasteiger partial charge in [-0.2, -0.15) is 5.26 Å². The predicted octanol–water partition coefficient (Wildman–Crippen LogP) is 4.26. The quantitative estimate of drug-likeness (QED) is 0.492. The Morgan fingerprint density at radius 2 is 1.85 bits per heavy atom. The second kappa shape index (κ2) is 9.51. The van der Waals surface area contributed by atoms with E-state index in [1.54, 1.807) is 5.41 Å². The van der Waals surface area contributed by atoms with E-state index in [-0.39, 0.29) is 5.91 Å². The number of amides is 1. The van der Waals surface area contributed by atoms with Crippen LogP contribution < -0.4 is 5.32 Å². The van der Waals surface area contributed by atoms with Crippen molar-refractivity contribution in [1.82, 2.24) is 5.32 Å². The predicted molar refractivity (Wildman–Crippen MR) is 106 cm³/mol. The molecule has 26 heavy (non-hydrogen) atoms. The van der Waals surface area contributed by atoms with Crippen LogP contribution >= 0.6 is 11.8 Å². The smallest absolute Gasteiger partial charge is 0.230 e. The molecule has 0 radical (unpaired) electrons. The van der Waals surface area contributed by atoms with E-state index in [0.717, 1.165) is 16.0 Å². The first kappa shape index (κ1) is 19.4. The molecule has 0 atom stereocenters. The minimum atomic E-state index is -0.653. The van der Waals surface area contributed by atoms with Crippen LogP contribution in [0.4, 0.5) is 0 Å². The highest BCUT2D eigenvalue weighted by Crippen LogP contribution is 2.27. The van der Waals surface area contributed by atoms with Crippen LogP contribution in [0.2, 0.25) is 0 Å². The number of allylic oxidation sites excluding steroid dienone is 1. The average Bonchev–Trinajstić information content (AvgIpc) is 2.66. The number of benzene rings is 2. The van der Waals surface area contributed by atoms with Gasteiger partial charge in [0.1, 0.15) is 0 Å². The summed E-state index contributed by atoms with van der Waals surface area (Å²) >= 11 is 1.47. The second-order valence-corrected chi connectivity index (χ2v) is 7.03. The molecule has 0 spiro atoms. The monoisotopic (exact) mass is 360 g/mol. The number of hydrogen-bond donors (Lipinski definition) is 1. The van der Waals surface area contributed by atoms with Crippen molar-refractivity contribution >= 4 is 17.7 Å². The lowest BCUT2D eigenvalue weighted by molar-refractivity contribution is -0.125. The van der Waals surface area contributed by atoms with Crippen LogP contribution in [0, 0.1) is 23.2 Å². The molecule has 0 bridgehead atoms. The SMILES string of the molecule is CC(C)(C(=O)NCC#Cc1ccccc1)c1ccc(SC=CC#N)cc1. The molecule has 0 aliphatic carbocycles. The normalized spacial score (nSPS) is 10.7. The van der Waals surface area contributed by atoms with Gasteiger partial charge in [0.05, 0.1) is 18.0 Å². The average molecular weight is 360 g/mol. The summed E-state index contributed by atoms with van der Waals surface area (Å²) in [5.74, 6) is 5.94. The first-order chi connectivity index (χ1) is 12.5. The fourth-order valence-electron chi connectivity index (χ4n) is 2.24. The summed E-state index contributed by atoms with van der Waals surface area (Å²) in [5.41, 5.74) is 1.21. The molecule has 0 aliphatic heterocycles. The number of nitriles is 1. The zero-order chi connectivity index (χ0) is 18.8. The Kier molecular flexibility index (Phi) is 7.09. The first-order valence-corrected chi connectivity index (χ1v) is 9.06. The second-order valence-electron chi connectivity index (χ2n) is 6.05. The van der Waals surface area contributed by atoms with Crippen molar-refractivity contribution < 1.29 is 4.79 Å². The number of carbonyl (C=O) groups is 1. The van der Waals surface area contributed by atoms with Gasteiger partial charge in [-0.05, 0) is 49.1 Å². The summed E-state index contributed by atoms with van der Waals surface area (Å²) in [7, 11) is 0. The first-order valence-electron chi connectivity index (χ1n) is 8.18. The van der Waals surface area contributed by atoms with Crippen molar-refractivity contribution in [3.8, 4) is 17.9 Å². The highest BCUT2D eigenvalue weighted by Gasteiger charge is 2.29. The highest BCUT2D eigenvalue weighted by atomic mass is 32.2. The van der Waals surface area contributed by atoms with Crippen LogP contribution in [0.1, 0.15) is 25.0 Å². The van der Waals surface area contributed by atoms with Gasteiger partial charge in [0, 0.05) is 16.5 Å². The fourth-order valence-corrected chi connectivity index (χ4v) is 2.82. The number of thioether (sulfide) groups is 1. The van der Waals surface area contributed by atoms with E-state index in [4.69, 9.17) is 5.26 Å². The van der Waals surface area contributed by atoms with E-state index in [2.05, 4.69) is 17.2 Å². The zero-order valence-electron chi connectivity index (χ0n) is 14.8. The van der Waals surface area contributed by atoms with Gasteiger partial charge < -0.3 is 5.32 Å². The molecule has 0 aromatic heterocycles. The molecule has 2 rings (SSSR count). The third-order valence-electron chi connectivity index (χ3n) is 3.83. The largest absolute Gasteiger partial charge is 0.344 e. The lowest BCUT2D eigenvalue weighted by Gasteiger charge is -2.23. The van der Waals surface area contributed by atoms with Gasteiger partial charge >= 0.3 is 0 Å². The maximum atomic E-state index is 12.5. The van der Waals surface area contributed by atoms with Crippen LogP contribution in [0.3, 0.4) is 0 Å². The van der Waals surface area contributed by atoms with Crippen molar-refractivity contribution in [2.75, 3.05) is 6.54 Å². The lowest BCUT2D eigenvalue weighted by Crippen LogP contribution is -2.40. The number of hydrogen-bond acceptors (Lipinski definition) is 3. The molecule has 4 heteroatoms. The van der Waals surface area contributed by atoms with E-state index in [1.807, 2.05) is 74.5 Å². The molecular formula is C22H20N2OS. The summed E-state index contributed by atoms with van der Waals surface area (Å²) < 4.78 is 0. The van der Waals surface area contributed by atoms with Crippen molar-refractivity contribution in [1.29, 1.82) is 5.26 Å². The van der Waals surface area contributed by atoms with Crippen molar-refractivity contribution in [2.45, 2.75) is 24.2 Å². The Morgan fingerprint density at radius 1 is 1.15 bits per heavy atom. The molecule has 0 aliphatic rings. The molecule has 0 saturated carbocycles. The third kappa shape index (κ3) is 5.55. The minimum absolute atomic E-state index is 0.0651. The molecule has 0 heterocycles. The maximum Gasteiger partial charge on any atom is 0.230 e. The van der Waals surface area contributed by atoms with Crippen molar-refractivity contribution in [3.05, 3.63) is 77.2 Å². The van der Waals surface area contributed by atoms with Gasteiger partial charge in [-0.25, -0.2) is 0 Å². The molecule has 130 valence electrons. The van der Waals surface area contributed by atoms with Crippen LogP contribution in [-0.4, -0.2) is 12.5 Å². The summed E-state index contributed by atoms with van der Waals surface area (Å²) in [6, 6.07) is 19.4. The summed E-state index contributed by atoms with van der Waals surface area (Å²) in [4.78, 5) is 13.6. The number of rotatable bonds is 5. The van der Waals surface area contributed by atoms with Crippen LogP contribution in [0.15, 0.2) is 71.0 Å². The maximum absolute atomic E-state index is 12.5. The lowest BCUT2D eigenvalue weighted by atomic mass is 9.84. The Balaban J connectivity index is 1.95. The standard InChI is InChI=1S/C22H20N2OS/c1-22(2,19-11-13-20(14-12-19)26-17-7-15-23)21(25)24-16-6-10-18-8-4-3-5-9-18/h3-5,7-9,11-14,17H,16H2,1-2H3,(H,24,25). The fraction of sp³-hybridized carbons (Fsp3) is 0.182. The molecule has 0 fully saturated rings. The molecule has 0 saturated heterocycles. The summed E-state index contributed by atoms with van der Waals surface area (Å²) in [6.07, 6.45) is 1.44. The van der Waals surface area contributed by atoms with Crippen LogP contribution in [-0.2, 0) is 10.2 Å². The Hall–Kier alpha value is -2.95.